The third-order valence-electron chi connectivity index (χ3n) is 4.74. The Morgan fingerprint density at radius 2 is 1.88 bits per heavy atom. The van der Waals surface area contributed by atoms with Crippen LogP contribution in [-0.2, 0) is 0 Å². The average Bonchev–Trinajstić information content (AvgIpc) is 2.98. The zero-order valence-corrected chi connectivity index (χ0v) is 13.8. The lowest BCUT2D eigenvalue weighted by atomic mass is 9.93. The standard InChI is InChI=1S/C19H20N4O2/c20-17-15-16(22-23(17)13-9-5-2-6-10-13)14(18(24)21-19(15)25)11-12-7-3-1-4-8-12/h2,5-6,9-11,24H,1,3-4,7-8,20H2,(H,21,25). The maximum Gasteiger partial charge on any atom is 0.264 e. The molecule has 0 amide bonds. The summed E-state index contributed by atoms with van der Waals surface area (Å²) >= 11 is 0. The summed E-state index contributed by atoms with van der Waals surface area (Å²) in [6, 6.07) is 9.41. The number of pyridine rings is 1. The first-order valence-corrected chi connectivity index (χ1v) is 8.53. The van der Waals surface area contributed by atoms with Gasteiger partial charge in [-0.05, 0) is 43.9 Å². The van der Waals surface area contributed by atoms with Crippen molar-refractivity contribution < 1.29 is 5.11 Å². The molecule has 4 rings (SSSR count). The molecule has 128 valence electrons. The zero-order valence-electron chi connectivity index (χ0n) is 13.8. The predicted molar refractivity (Wildman–Crippen MR) is 98.8 cm³/mol. The quantitative estimate of drug-likeness (QED) is 0.668. The molecule has 3 aromatic rings. The number of aromatic amines is 1. The van der Waals surface area contributed by atoms with Gasteiger partial charge in [0.05, 0.1) is 11.3 Å². The van der Waals surface area contributed by atoms with Crippen molar-refractivity contribution in [3.63, 3.8) is 0 Å². The Bertz CT molecular complexity index is 1010. The molecule has 0 unspecified atom stereocenters. The normalized spacial score (nSPS) is 14.8. The van der Waals surface area contributed by atoms with Crippen molar-refractivity contribution in [2.75, 3.05) is 5.73 Å². The molecule has 2 heterocycles. The summed E-state index contributed by atoms with van der Waals surface area (Å²) in [6.45, 7) is 0. The fourth-order valence-electron chi connectivity index (χ4n) is 3.45. The number of para-hydroxylation sites is 1. The van der Waals surface area contributed by atoms with Crippen LogP contribution in [0.25, 0.3) is 22.7 Å². The second kappa shape index (κ2) is 6.12. The predicted octanol–water partition coefficient (Wildman–Crippen LogP) is 3.35. The highest BCUT2D eigenvalue weighted by Crippen LogP contribution is 2.32. The van der Waals surface area contributed by atoms with Gasteiger partial charge in [0.2, 0.25) is 5.88 Å². The lowest BCUT2D eigenvalue weighted by Gasteiger charge is -2.13. The van der Waals surface area contributed by atoms with Crippen LogP contribution in [0.15, 0.2) is 40.7 Å². The number of hydrogen-bond acceptors (Lipinski definition) is 4. The Kier molecular flexibility index (Phi) is 3.80. The van der Waals surface area contributed by atoms with E-state index in [1.54, 1.807) is 4.68 Å². The van der Waals surface area contributed by atoms with Gasteiger partial charge in [0.25, 0.3) is 5.56 Å². The van der Waals surface area contributed by atoms with E-state index in [9.17, 15) is 9.90 Å². The third-order valence-corrected chi connectivity index (χ3v) is 4.74. The second-order valence-corrected chi connectivity index (χ2v) is 6.44. The number of nitrogens with zero attached hydrogens (tertiary/aromatic N) is 2. The molecule has 1 fully saturated rings. The minimum absolute atomic E-state index is 0.159. The van der Waals surface area contributed by atoms with Crippen LogP contribution in [0.2, 0.25) is 0 Å². The molecule has 1 saturated carbocycles. The summed E-state index contributed by atoms with van der Waals surface area (Å²) in [5, 5.41) is 15.1. The molecular weight excluding hydrogens is 316 g/mol. The van der Waals surface area contributed by atoms with Crippen LogP contribution in [0, 0.1) is 0 Å². The molecule has 0 aliphatic heterocycles. The van der Waals surface area contributed by atoms with Crippen LogP contribution in [0.1, 0.15) is 37.7 Å². The van der Waals surface area contributed by atoms with Gasteiger partial charge in [-0.1, -0.05) is 30.2 Å². The minimum Gasteiger partial charge on any atom is -0.494 e. The molecule has 1 aromatic carbocycles. The number of rotatable bonds is 2. The topological polar surface area (TPSA) is 96.9 Å². The molecule has 0 spiro atoms. The second-order valence-electron chi connectivity index (χ2n) is 6.44. The highest BCUT2D eigenvalue weighted by molar-refractivity contribution is 5.96. The molecule has 0 bridgehead atoms. The number of anilines is 1. The summed E-state index contributed by atoms with van der Waals surface area (Å²) in [6.07, 6.45) is 7.51. The summed E-state index contributed by atoms with van der Waals surface area (Å²) in [4.78, 5) is 14.8. The van der Waals surface area contributed by atoms with Crippen LogP contribution in [-0.4, -0.2) is 19.9 Å². The molecule has 1 aliphatic rings. The van der Waals surface area contributed by atoms with Gasteiger partial charge in [0.1, 0.15) is 16.7 Å². The molecule has 6 nitrogen and oxygen atoms in total. The third kappa shape index (κ3) is 2.69. The van der Waals surface area contributed by atoms with Crippen molar-refractivity contribution in [3.05, 3.63) is 51.8 Å². The summed E-state index contributed by atoms with van der Waals surface area (Å²) in [5.41, 5.74) is 8.77. The molecule has 0 radical (unpaired) electrons. The molecule has 1 aliphatic carbocycles. The largest absolute Gasteiger partial charge is 0.494 e. The Balaban J connectivity index is 1.96. The van der Waals surface area contributed by atoms with Crippen molar-refractivity contribution in [2.45, 2.75) is 32.1 Å². The number of allylic oxidation sites excluding steroid dienone is 1. The smallest absolute Gasteiger partial charge is 0.264 e. The highest BCUT2D eigenvalue weighted by Gasteiger charge is 2.19. The monoisotopic (exact) mass is 336 g/mol. The van der Waals surface area contributed by atoms with E-state index >= 15 is 0 Å². The Morgan fingerprint density at radius 1 is 1.16 bits per heavy atom. The van der Waals surface area contributed by atoms with E-state index in [0.29, 0.717) is 16.5 Å². The summed E-state index contributed by atoms with van der Waals surface area (Å²) < 4.78 is 1.54. The van der Waals surface area contributed by atoms with Crippen molar-refractivity contribution in [1.82, 2.24) is 14.8 Å². The van der Waals surface area contributed by atoms with E-state index in [1.807, 2.05) is 36.4 Å². The van der Waals surface area contributed by atoms with Crippen LogP contribution < -0.4 is 11.3 Å². The first-order valence-electron chi connectivity index (χ1n) is 8.53. The van der Waals surface area contributed by atoms with Crippen LogP contribution in [0.4, 0.5) is 5.82 Å². The van der Waals surface area contributed by atoms with E-state index in [0.717, 1.165) is 31.4 Å². The highest BCUT2D eigenvalue weighted by atomic mass is 16.3. The number of fused-ring (bicyclic) bond motifs is 1. The Morgan fingerprint density at radius 3 is 2.60 bits per heavy atom. The SMILES string of the molecule is Nc1c2c(=O)[nH]c(O)c(C=C3CCCCC3)c2nn1-c1ccccc1. The van der Waals surface area contributed by atoms with Crippen molar-refractivity contribution in [3.8, 4) is 11.6 Å². The van der Waals surface area contributed by atoms with E-state index in [4.69, 9.17) is 5.73 Å². The van der Waals surface area contributed by atoms with Gasteiger partial charge >= 0.3 is 0 Å². The zero-order chi connectivity index (χ0) is 17.4. The van der Waals surface area contributed by atoms with Gasteiger partial charge in [-0.3, -0.25) is 9.78 Å². The van der Waals surface area contributed by atoms with E-state index in [-0.39, 0.29) is 11.7 Å². The fourth-order valence-corrected chi connectivity index (χ4v) is 3.45. The number of aromatic nitrogens is 3. The minimum atomic E-state index is -0.432. The van der Waals surface area contributed by atoms with Crippen LogP contribution >= 0.6 is 0 Å². The van der Waals surface area contributed by atoms with Crippen LogP contribution in [0.5, 0.6) is 5.88 Å². The Hall–Kier alpha value is -3.02. The number of hydrogen-bond donors (Lipinski definition) is 3. The van der Waals surface area contributed by atoms with Crippen LogP contribution in [0.3, 0.4) is 0 Å². The number of H-pyrrole nitrogens is 1. The molecule has 0 atom stereocenters. The molecule has 0 saturated heterocycles. The average molecular weight is 336 g/mol. The number of nitrogens with two attached hydrogens (primary N) is 1. The Labute approximate surface area is 144 Å². The fraction of sp³-hybridized carbons (Fsp3) is 0.263. The van der Waals surface area contributed by atoms with E-state index < -0.39 is 5.56 Å². The maximum absolute atomic E-state index is 12.3. The first kappa shape index (κ1) is 15.5. The van der Waals surface area contributed by atoms with Gasteiger partial charge in [-0.2, -0.15) is 5.10 Å². The number of aromatic hydroxyl groups is 1. The lowest BCUT2D eigenvalue weighted by molar-refractivity contribution is 0.451. The maximum atomic E-state index is 12.3. The molecule has 6 heteroatoms. The molecule has 2 aromatic heterocycles. The van der Waals surface area contributed by atoms with Gasteiger partial charge in [-0.25, -0.2) is 4.68 Å². The van der Waals surface area contributed by atoms with Crippen molar-refractivity contribution >= 4 is 22.8 Å². The first-order chi connectivity index (χ1) is 12.1. The van der Waals surface area contributed by atoms with E-state index in [1.165, 1.54) is 12.0 Å². The number of nitrogen functional groups attached to an aromatic ring is 1. The molecule has 25 heavy (non-hydrogen) atoms. The van der Waals surface area contributed by atoms with E-state index in [2.05, 4.69) is 10.1 Å². The van der Waals surface area contributed by atoms with Gasteiger partial charge in [-0.15, -0.1) is 0 Å². The summed E-state index contributed by atoms with van der Waals surface area (Å²) in [5.74, 6) is 0.110. The lowest BCUT2D eigenvalue weighted by Crippen LogP contribution is -2.08. The number of nitrogens with one attached hydrogen (secondary N) is 1. The van der Waals surface area contributed by atoms with Crippen molar-refractivity contribution in [1.29, 1.82) is 0 Å². The van der Waals surface area contributed by atoms with Gasteiger partial charge < -0.3 is 10.8 Å². The summed E-state index contributed by atoms with van der Waals surface area (Å²) in [7, 11) is 0. The van der Waals surface area contributed by atoms with Gasteiger partial charge in [0, 0.05) is 0 Å². The van der Waals surface area contributed by atoms with Crippen molar-refractivity contribution in [2.24, 2.45) is 0 Å². The molecule has 4 N–H and O–H groups in total. The van der Waals surface area contributed by atoms with Gasteiger partial charge in [0.15, 0.2) is 0 Å². The molecular formula is C19H20N4O2. The number of benzene rings is 1.